The van der Waals surface area contributed by atoms with Gasteiger partial charge in [0.05, 0.1) is 55.4 Å². The van der Waals surface area contributed by atoms with Gasteiger partial charge in [-0.1, -0.05) is 134 Å². The highest BCUT2D eigenvalue weighted by Crippen LogP contribution is 2.42. The number of methoxy groups -OCH3 is 5. The molecule has 3 N–H and O–H groups in total. The third-order valence-corrected chi connectivity index (χ3v) is 18.5. The van der Waals surface area contributed by atoms with Gasteiger partial charge in [0, 0.05) is 68.2 Å². The Hall–Kier alpha value is -13.1. The van der Waals surface area contributed by atoms with Crippen molar-refractivity contribution in [3.63, 3.8) is 0 Å². The lowest BCUT2D eigenvalue weighted by molar-refractivity contribution is 0.281. The molecule has 0 heterocycles. The Bertz CT molecular complexity index is 4280. The van der Waals surface area contributed by atoms with Crippen LogP contribution in [-0.4, -0.2) is 50.9 Å². The molecule has 0 radical (unpaired) electrons. The molecule has 13 aromatic rings. The van der Waals surface area contributed by atoms with Gasteiger partial charge in [0.2, 0.25) is 0 Å². The second-order valence-electron chi connectivity index (χ2n) is 25.1. The van der Waals surface area contributed by atoms with Gasteiger partial charge in [-0.2, -0.15) is 0 Å². The van der Waals surface area contributed by atoms with Gasteiger partial charge in [-0.3, -0.25) is 0 Å². The van der Waals surface area contributed by atoms with Crippen LogP contribution >= 0.6 is 0 Å². The molecule has 0 aliphatic heterocycles. The summed E-state index contributed by atoms with van der Waals surface area (Å²) < 4.78 is 27.7. The lowest BCUT2D eigenvalue weighted by atomic mass is 9.95. The lowest BCUT2D eigenvalue weighted by Gasteiger charge is -2.26. The van der Waals surface area contributed by atoms with Crippen molar-refractivity contribution in [3.05, 3.63) is 365 Å². The summed E-state index contributed by atoms with van der Waals surface area (Å²) >= 11 is 0. The second-order valence-corrected chi connectivity index (χ2v) is 25.1. The van der Waals surface area contributed by atoms with Crippen LogP contribution in [0.25, 0.3) is 48.6 Å². The average molecular weight is 1400 g/mol. The van der Waals surface area contributed by atoms with Crippen LogP contribution in [-0.2, 0) is 19.8 Å². The summed E-state index contributed by atoms with van der Waals surface area (Å²) in [5.41, 5.74) is 22.0. The highest BCUT2D eigenvalue weighted by molar-refractivity contribution is 5.89. The van der Waals surface area contributed by atoms with Gasteiger partial charge < -0.3 is 58.6 Å². The molecule has 0 saturated carbocycles. The van der Waals surface area contributed by atoms with Gasteiger partial charge >= 0.3 is 0 Å². The van der Waals surface area contributed by atoms with Crippen molar-refractivity contribution >= 4 is 117 Å². The molecule has 12 heteroatoms. The molecule has 0 fully saturated rings. The van der Waals surface area contributed by atoms with E-state index in [1.807, 2.05) is 170 Å². The van der Waals surface area contributed by atoms with Crippen molar-refractivity contribution < 1.29 is 39.0 Å². The first-order chi connectivity index (χ1) is 52.1. The molecule has 12 nitrogen and oxygen atoms in total. The largest absolute Gasteiger partial charge is 0.497 e. The van der Waals surface area contributed by atoms with E-state index in [0.717, 1.165) is 158 Å². The molecule has 13 rings (SSSR count). The molecule has 0 aliphatic rings. The summed E-state index contributed by atoms with van der Waals surface area (Å²) in [6, 6.07) is 103. The molecular formula is C94H82N4O8. The number of aliphatic hydroxyl groups is 3. The maximum Gasteiger partial charge on any atom is 0.119 e. The number of aliphatic hydroxyl groups excluding tert-OH is 3. The van der Waals surface area contributed by atoms with Crippen molar-refractivity contribution in [3.8, 4) is 28.7 Å². The van der Waals surface area contributed by atoms with Crippen LogP contribution in [0, 0.1) is 0 Å². The summed E-state index contributed by atoms with van der Waals surface area (Å²) in [6.07, 6.45) is 17.4. The number of hydrogen-bond acceptors (Lipinski definition) is 12. The standard InChI is InChI=1S/C94H82N4O8/c1-102-90-52-42-85(43-53-90)95(82-36-18-71(64-99)19-37-82)78-28-10-67(11-29-78)6-24-74-62-76(26-8-69-14-32-80(33-15-69)97(84-40-22-73(66-101)23-41-84)87-46-56-92(104-3)57-47-87)77(27-9-70-16-34-81(35-17-70)98(88-48-58-93(105-4)59-49-88)89-50-60-94(106-5)61-51-89)63-75(74)25-7-68-12-30-79(31-13-68)96(83-38-20-72(65-100)21-39-83)86-44-54-91(103-2)55-45-86/h6-63,99-101H,64-66H2,1-5H3/b24-6+,25-7+,26-8+,27-9+. The Kier molecular flexibility index (Phi) is 23.0. The third kappa shape index (κ3) is 17.2. The van der Waals surface area contributed by atoms with Crippen LogP contribution < -0.4 is 43.3 Å². The van der Waals surface area contributed by atoms with E-state index in [0.29, 0.717) is 0 Å². The third-order valence-electron chi connectivity index (χ3n) is 18.5. The molecule has 0 saturated heterocycles. The van der Waals surface area contributed by atoms with Gasteiger partial charge in [-0.25, -0.2) is 0 Å². The van der Waals surface area contributed by atoms with E-state index >= 15 is 0 Å². The summed E-state index contributed by atoms with van der Waals surface area (Å²) in [6.45, 7) is -0.132. The van der Waals surface area contributed by atoms with E-state index in [1.165, 1.54) is 0 Å². The molecule has 0 unspecified atom stereocenters. The molecule has 0 bridgehead atoms. The Morgan fingerprint density at radius 2 is 0.340 bits per heavy atom. The quantitative estimate of drug-likeness (QED) is 0.0405. The number of ether oxygens (including phenoxy) is 5. The molecule has 526 valence electrons. The molecule has 0 atom stereocenters. The van der Waals surface area contributed by atoms with Crippen molar-refractivity contribution in [2.24, 2.45) is 0 Å². The Morgan fingerprint density at radius 3 is 0.481 bits per heavy atom. The summed E-state index contributed by atoms with van der Waals surface area (Å²) in [5.74, 6) is 3.84. The highest BCUT2D eigenvalue weighted by Gasteiger charge is 2.19. The first-order valence-electron chi connectivity index (χ1n) is 34.9. The zero-order valence-electron chi connectivity index (χ0n) is 59.8. The van der Waals surface area contributed by atoms with Crippen molar-refractivity contribution in [1.29, 1.82) is 0 Å². The summed E-state index contributed by atoms with van der Waals surface area (Å²) in [4.78, 5) is 8.79. The van der Waals surface area contributed by atoms with Gasteiger partial charge in [-0.05, 0) is 280 Å². The number of anilines is 12. The van der Waals surface area contributed by atoms with Crippen LogP contribution in [0.1, 0.15) is 61.2 Å². The number of benzene rings is 13. The van der Waals surface area contributed by atoms with E-state index in [4.69, 9.17) is 23.7 Å². The Balaban J connectivity index is 0.906. The van der Waals surface area contributed by atoms with Crippen LogP contribution in [0.3, 0.4) is 0 Å². The molecule has 13 aromatic carbocycles. The zero-order valence-corrected chi connectivity index (χ0v) is 59.8. The predicted octanol–water partition coefficient (Wildman–Crippen LogP) is 22.8. The number of nitrogens with zero attached hydrogens (tertiary/aromatic N) is 4. The lowest BCUT2D eigenvalue weighted by Crippen LogP contribution is -2.10. The van der Waals surface area contributed by atoms with E-state index in [-0.39, 0.29) is 19.8 Å². The summed E-state index contributed by atoms with van der Waals surface area (Å²) in [7, 11) is 8.35. The maximum absolute atomic E-state index is 9.95. The minimum absolute atomic E-state index is 0.0437. The van der Waals surface area contributed by atoms with E-state index in [1.54, 1.807) is 35.5 Å². The van der Waals surface area contributed by atoms with E-state index in [9.17, 15) is 15.3 Å². The molecular weight excluding hydrogens is 1310 g/mol. The fourth-order valence-electron chi connectivity index (χ4n) is 12.6. The topological polar surface area (TPSA) is 120 Å². The van der Waals surface area contributed by atoms with Crippen molar-refractivity contribution in [2.75, 3.05) is 55.1 Å². The minimum atomic E-state index is -0.0440. The van der Waals surface area contributed by atoms with Crippen LogP contribution in [0.4, 0.5) is 68.2 Å². The zero-order chi connectivity index (χ0) is 73.1. The smallest absolute Gasteiger partial charge is 0.119 e. The van der Waals surface area contributed by atoms with Gasteiger partial charge in [0.1, 0.15) is 28.7 Å². The van der Waals surface area contributed by atoms with Gasteiger partial charge in [0.15, 0.2) is 0 Å². The van der Waals surface area contributed by atoms with Crippen LogP contribution in [0.5, 0.6) is 28.7 Å². The van der Waals surface area contributed by atoms with Gasteiger partial charge in [0.25, 0.3) is 0 Å². The SMILES string of the molecule is COc1ccc(N(c2ccc(/C=C/c3cc(/C=C/c4ccc(N(c5ccc(CO)cc5)c5ccc(OC)cc5)cc4)c(/C=C/c4ccc(N(c5ccc(OC)cc5)c5ccc(OC)cc5)cc4)cc3/C=C/c3ccc(N(c4ccc(CO)cc4)c4ccc(OC)cc4)cc3)cc2)c2ccc(CO)cc2)cc1. The predicted molar refractivity (Wildman–Crippen MR) is 437 cm³/mol. The average Bonchev–Trinajstić information content (AvgIpc) is 0.824. The maximum atomic E-state index is 9.95. The first-order valence-corrected chi connectivity index (χ1v) is 34.9. The number of hydrogen-bond donors (Lipinski definition) is 3. The monoisotopic (exact) mass is 1390 g/mol. The van der Waals surface area contributed by atoms with E-state index < -0.39 is 0 Å². The second kappa shape index (κ2) is 34.2. The highest BCUT2D eigenvalue weighted by atomic mass is 16.5. The first kappa shape index (κ1) is 71.3. The molecule has 106 heavy (non-hydrogen) atoms. The number of rotatable bonds is 28. The normalized spacial score (nSPS) is 11.4. The van der Waals surface area contributed by atoms with E-state index in [2.05, 4.69) is 202 Å². The molecule has 0 aromatic heterocycles. The van der Waals surface area contributed by atoms with Crippen molar-refractivity contribution in [2.45, 2.75) is 19.8 Å². The van der Waals surface area contributed by atoms with Crippen LogP contribution in [0.15, 0.2) is 303 Å². The Labute approximate surface area is 620 Å². The van der Waals surface area contributed by atoms with Crippen LogP contribution in [0.2, 0.25) is 0 Å². The molecule has 0 amide bonds. The van der Waals surface area contributed by atoms with Gasteiger partial charge in [-0.15, -0.1) is 0 Å². The fourth-order valence-corrected chi connectivity index (χ4v) is 12.6. The molecule has 0 spiro atoms. The Morgan fingerprint density at radius 1 is 0.198 bits per heavy atom. The summed E-state index contributed by atoms with van der Waals surface area (Å²) in [5, 5.41) is 29.8. The van der Waals surface area contributed by atoms with Crippen molar-refractivity contribution in [1.82, 2.24) is 0 Å². The molecule has 0 aliphatic carbocycles. The fraction of sp³-hybridized carbons (Fsp3) is 0.0851. The minimum Gasteiger partial charge on any atom is -0.497 e.